The summed E-state index contributed by atoms with van der Waals surface area (Å²) in [6.45, 7) is 0.126. The van der Waals surface area contributed by atoms with E-state index in [1.165, 1.54) is 0 Å². The third-order valence-corrected chi connectivity index (χ3v) is 2.39. The van der Waals surface area contributed by atoms with Crippen molar-refractivity contribution in [2.45, 2.75) is 6.54 Å². The van der Waals surface area contributed by atoms with Gasteiger partial charge in [0.1, 0.15) is 18.1 Å². The topological polar surface area (TPSA) is 70.1 Å². The zero-order chi connectivity index (χ0) is 12.3. The maximum absolute atomic E-state index is 10.9. The Labute approximate surface area is 98.8 Å². The van der Waals surface area contributed by atoms with Crippen molar-refractivity contribution in [1.29, 1.82) is 0 Å². The van der Waals surface area contributed by atoms with E-state index in [1.807, 2.05) is 24.3 Å². The van der Waals surface area contributed by atoms with Crippen molar-refractivity contribution in [3.8, 4) is 17.1 Å². The van der Waals surface area contributed by atoms with E-state index in [1.54, 1.807) is 24.1 Å². The molecule has 2 N–H and O–H groups in total. The molecule has 0 spiro atoms. The molecular formula is C12H13N3O2. The minimum atomic E-state index is -0.391. The van der Waals surface area contributed by atoms with Crippen LogP contribution in [0, 0.1) is 0 Å². The highest BCUT2D eigenvalue weighted by Gasteiger charge is 2.07. The fourth-order valence-electron chi connectivity index (χ4n) is 1.61. The van der Waals surface area contributed by atoms with E-state index < -0.39 is 5.91 Å². The summed E-state index contributed by atoms with van der Waals surface area (Å²) >= 11 is 0. The summed E-state index contributed by atoms with van der Waals surface area (Å²) in [6, 6.07) is 7.47. The second kappa shape index (κ2) is 4.69. The quantitative estimate of drug-likeness (QED) is 0.854. The molecule has 0 radical (unpaired) electrons. The molecule has 2 rings (SSSR count). The summed E-state index contributed by atoms with van der Waals surface area (Å²) in [5.74, 6) is 1.10. The van der Waals surface area contributed by atoms with Crippen LogP contribution in [0.3, 0.4) is 0 Å². The third-order valence-electron chi connectivity index (χ3n) is 2.39. The predicted octanol–water partition coefficient (Wildman–Crippen LogP) is 1.04. The molecule has 0 saturated carbocycles. The van der Waals surface area contributed by atoms with Gasteiger partial charge in [-0.15, -0.1) is 0 Å². The number of aromatic nitrogens is 2. The van der Waals surface area contributed by atoms with Crippen LogP contribution in [0.2, 0.25) is 0 Å². The minimum absolute atomic E-state index is 0.126. The molecule has 1 aromatic carbocycles. The molecule has 5 heteroatoms. The van der Waals surface area contributed by atoms with Crippen LogP contribution >= 0.6 is 0 Å². The fourth-order valence-corrected chi connectivity index (χ4v) is 1.61. The maximum atomic E-state index is 10.9. The summed E-state index contributed by atoms with van der Waals surface area (Å²) in [6.07, 6.45) is 3.37. The number of benzene rings is 1. The van der Waals surface area contributed by atoms with Gasteiger partial charge >= 0.3 is 0 Å². The molecule has 0 aliphatic rings. The summed E-state index contributed by atoms with van der Waals surface area (Å²) in [7, 11) is 1.61. The van der Waals surface area contributed by atoms with Crippen LogP contribution in [0.1, 0.15) is 0 Å². The van der Waals surface area contributed by atoms with Crippen LogP contribution in [0.5, 0.6) is 5.75 Å². The molecule has 2 aromatic rings. The van der Waals surface area contributed by atoms with Crippen molar-refractivity contribution in [1.82, 2.24) is 9.55 Å². The molecule has 0 fully saturated rings. The summed E-state index contributed by atoms with van der Waals surface area (Å²) in [5, 5.41) is 0. The molecule has 17 heavy (non-hydrogen) atoms. The van der Waals surface area contributed by atoms with Crippen LogP contribution in [-0.2, 0) is 11.3 Å². The van der Waals surface area contributed by atoms with E-state index in [4.69, 9.17) is 10.5 Å². The van der Waals surface area contributed by atoms with E-state index in [2.05, 4.69) is 4.98 Å². The normalized spacial score (nSPS) is 10.2. The van der Waals surface area contributed by atoms with Crippen molar-refractivity contribution in [3.63, 3.8) is 0 Å². The van der Waals surface area contributed by atoms with Gasteiger partial charge in [0.2, 0.25) is 5.91 Å². The molecule has 0 aliphatic heterocycles. The number of ether oxygens (including phenoxy) is 1. The van der Waals surface area contributed by atoms with Gasteiger partial charge in [-0.25, -0.2) is 4.98 Å². The van der Waals surface area contributed by atoms with E-state index in [9.17, 15) is 4.79 Å². The zero-order valence-corrected chi connectivity index (χ0v) is 9.46. The SMILES string of the molecule is COc1ccc(-c2nccn2CC(N)=O)cc1. The van der Waals surface area contributed by atoms with Gasteiger partial charge in [-0.2, -0.15) is 0 Å². The van der Waals surface area contributed by atoms with Crippen LogP contribution in [0.25, 0.3) is 11.4 Å². The number of carbonyl (C=O) groups excluding carboxylic acids is 1. The zero-order valence-electron chi connectivity index (χ0n) is 9.46. The van der Waals surface area contributed by atoms with Crippen molar-refractivity contribution in [2.75, 3.05) is 7.11 Å². The molecule has 88 valence electrons. The molecular weight excluding hydrogens is 218 g/mol. The van der Waals surface area contributed by atoms with Gasteiger partial charge in [0.05, 0.1) is 7.11 Å². The first kappa shape index (κ1) is 11.2. The minimum Gasteiger partial charge on any atom is -0.497 e. The molecule has 1 aromatic heterocycles. The van der Waals surface area contributed by atoms with Gasteiger partial charge in [0, 0.05) is 18.0 Å². The highest BCUT2D eigenvalue weighted by atomic mass is 16.5. The molecule has 1 amide bonds. The number of rotatable bonds is 4. The van der Waals surface area contributed by atoms with Gasteiger partial charge in [-0.1, -0.05) is 0 Å². The largest absolute Gasteiger partial charge is 0.497 e. The molecule has 0 bridgehead atoms. The predicted molar refractivity (Wildman–Crippen MR) is 63.4 cm³/mol. The van der Waals surface area contributed by atoms with Gasteiger partial charge in [-0.3, -0.25) is 4.79 Å². The smallest absolute Gasteiger partial charge is 0.237 e. The van der Waals surface area contributed by atoms with Gasteiger partial charge in [-0.05, 0) is 24.3 Å². The van der Waals surface area contributed by atoms with Crippen molar-refractivity contribution < 1.29 is 9.53 Å². The number of carbonyl (C=O) groups is 1. The number of hydrogen-bond donors (Lipinski definition) is 1. The second-order valence-corrected chi connectivity index (χ2v) is 3.57. The van der Waals surface area contributed by atoms with E-state index >= 15 is 0 Å². The first-order valence-electron chi connectivity index (χ1n) is 5.14. The van der Waals surface area contributed by atoms with Gasteiger partial charge in [0.25, 0.3) is 0 Å². The lowest BCUT2D eigenvalue weighted by Crippen LogP contribution is -2.18. The Morgan fingerprint density at radius 1 is 1.41 bits per heavy atom. The third kappa shape index (κ3) is 2.44. The van der Waals surface area contributed by atoms with E-state index in [0.29, 0.717) is 5.82 Å². The number of methoxy groups -OCH3 is 1. The summed E-state index contributed by atoms with van der Waals surface area (Å²) < 4.78 is 6.79. The average Bonchev–Trinajstić information content (AvgIpc) is 2.76. The van der Waals surface area contributed by atoms with Crippen LogP contribution < -0.4 is 10.5 Å². The van der Waals surface area contributed by atoms with E-state index in [-0.39, 0.29) is 6.54 Å². The van der Waals surface area contributed by atoms with Crippen molar-refractivity contribution in [3.05, 3.63) is 36.7 Å². The highest BCUT2D eigenvalue weighted by molar-refractivity contribution is 5.74. The molecule has 0 aliphatic carbocycles. The first-order chi connectivity index (χ1) is 8.20. The number of primary amides is 1. The molecule has 0 atom stereocenters. The van der Waals surface area contributed by atoms with Crippen LogP contribution in [-0.4, -0.2) is 22.6 Å². The second-order valence-electron chi connectivity index (χ2n) is 3.57. The Morgan fingerprint density at radius 3 is 2.71 bits per heavy atom. The van der Waals surface area contributed by atoms with Crippen LogP contribution in [0.4, 0.5) is 0 Å². The lowest BCUT2D eigenvalue weighted by Gasteiger charge is -2.06. The fraction of sp³-hybridized carbons (Fsp3) is 0.167. The van der Waals surface area contributed by atoms with E-state index in [0.717, 1.165) is 11.3 Å². The van der Waals surface area contributed by atoms with Crippen LogP contribution in [0.15, 0.2) is 36.7 Å². The van der Waals surface area contributed by atoms with Gasteiger partial charge < -0.3 is 15.0 Å². The molecule has 1 heterocycles. The Balaban J connectivity index is 2.32. The average molecular weight is 231 g/mol. The molecule has 0 saturated heterocycles. The summed E-state index contributed by atoms with van der Waals surface area (Å²) in [5.41, 5.74) is 6.08. The lowest BCUT2D eigenvalue weighted by atomic mass is 10.2. The standard InChI is InChI=1S/C12H13N3O2/c1-17-10-4-2-9(3-5-10)12-14-6-7-15(12)8-11(13)16/h2-7H,8H2,1H3,(H2,13,16). The first-order valence-corrected chi connectivity index (χ1v) is 5.14. The van der Waals surface area contributed by atoms with Gasteiger partial charge in [0.15, 0.2) is 0 Å². The number of imidazole rings is 1. The number of hydrogen-bond acceptors (Lipinski definition) is 3. The number of nitrogens with two attached hydrogens (primary N) is 1. The Kier molecular flexibility index (Phi) is 3.09. The lowest BCUT2D eigenvalue weighted by molar-refractivity contribution is -0.118. The highest BCUT2D eigenvalue weighted by Crippen LogP contribution is 2.20. The Bertz CT molecular complexity index is 517. The Hall–Kier alpha value is -2.30. The maximum Gasteiger partial charge on any atom is 0.237 e. The van der Waals surface area contributed by atoms with Crippen molar-refractivity contribution >= 4 is 5.91 Å². The number of amides is 1. The number of nitrogens with zero attached hydrogens (tertiary/aromatic N) is 2. The molecule has 0 unspecified atom stereocenters. The monoisotopic (exact) mass is 231 g/mol. The van der Waals surface area contributed by atoms with Crippen molar-refractivity contribution in [2.24, 2.45) is 5.73 Å². The molecule has 5 nitrogen and oxygen atoms in total. The summed E-state index contributed by atoms with van der Waals surface area (Å²) in [4.78, 5) is 15.1. The Morgan fingerprint density at radius 2 is 2.12 bits per heavy atom.